The van der Waals surface area contributed by atoms with E-state index >= 15 is 0 Å². The van der Waals surface area contributed by atoms with Crippen LogP contribution in [0.1, 0.15) is 32.2 Å². The maximum absolute atomic E-state index is 13.2. The van der Waals surface area contributed by atoms with Crippen molar-refractivity contribution in [3.05, 3.63) is 65.1 Å². The van der Waals surface area contributed by atoms with Gasteiger partial charge in [-0.3, -0.25) is 4.72 Å². The fraction of sp³-hybridized carbons (Fsp3) is 0.333. The van der Waals surface area contributed by atoms with Crippen LogP contribution in [0, 0.1) is 0 Å². The maximum Gasteiger partial charge on any atom is 0.263 e. The number of aromatic nitrogens is 2. The Morgan fingerprint density at radius 3 is 2.21 bits per heavy atom. The molecule has 0 spiro atoms. The van der Waals surface area contributed by atoms with Crippen LogP contribution in [0.3, 0.4) is 0 Å². The zero-order valence-corrected chi connectivity index (χ0v) is 21.3. The molecule has 0 unspecified atom stereocenters. The summed E-state index contributed by atoms with van der Waals surface area (Å²) in [6.45, 7) is 6.51. The molecule has 10 heteroatoms. The average Bonchev–Trinajstić information content (AvgIpc) is 2.79. The van der Waals surface area contributed by atoms with Crippen molar-refractivity contribution in [2.24, 2.45) is 0 Å². The van der Waals surface area contributed by atoms with E-state index < -0.39 is 10.0 Å². The van der Waals surface area contributed by atoms with Crippen molar-refractivity contribution in [1.29, 1.82) is 0 Å². The average molecular weight is 506 g/mol. The molecule has 1 N–H and O–H groups in total. The summed E-state index contributed by atoms with van der Waals surface area (Å²) in [5, 5.41) is -0.0483. The van der Waals surface area contributed by atoms with Crippen LogP contribution >= 0.6 is 11.6 Å². The van der Waals surface area contributed by atoms with E-state index in [1.54, 1.807) is 55.6 Å². The quantitative estimate of drug-likeness (QED) is 0.398. The number of methoxy groups -OCH3 is 2. The number of anilines is 1. The Kier molecular flexibility index (Phi) is 8.01. The van der Waals surface area contributed by atoms with Gasteiger partial charge in [0.05, 0.1) is 18.6 Å². The number of rotatable bonds is 9. The van der Waals surface area contributed by atoms with Crippen molar-refractivity contribution < 1.29 is 22.6 Å². The first-order chi connectivity index (χ1) is 16.0. The zero-order valence-electron chi connectivity index (χ0n) is 19.8. The number of sulfonamides is 1. The summed E-state index contributed by atoms with van der Waals surface area (Å²) in [6, 6.07) is 13.6. The summed E-state index contributed by atoms with van der Waals surface area (Å²) >= 11 is 6.41. The lowest BCUT2D eigenvalue weighted by molar-refractivity contribution is 0.200. The molecule has 0 saturated carbocycles. The minimum absolute atomic E-state index is 0.0396. The number of ether oxygens (including phenoxy) is 3. The van der Waals surface area contributed by atoms with E-state index in [9.17, 15) is 8.42 Å². The summed E-state index contributed by atoms with van der Waals surface area (Å²) in [7, 11) is -0.955. The number of nitrogens with zero attached hydrogens (tertiary/aromatic N) is 2. The van der Waals surface area contributed by atoms with Gasteiger partial charge in [-0.1, -0.05) is 56.6 Å². The molecule has 3 aromatic rings. The van der Waals surface area contributed by atoms with E-state index in [0.717, 1.165) is 5.56 Å². The molecule has 0 radical (unpaired) electrons. The second-order valence-corrected chi connectivity index (χ2v) is 10.5. The van der Waals surface area contributed by atoms with Crippen LogP contribution in [0.25, 0.3) is 0 Å². The van der Waals surface area contributed by atoms with E-state index in [1.165, 1.54) is 7.11 Å². The highest BCUT2D eigenvalue weighted by Gasteiger charge is 2.24. The van der Waals surface area contributed by atoms with Crippen molar-refractivity contribution in [2.75, 3.05) is 25.5 Å². The fourth-order valence-corrected chi connectivity index (χ4v) is 4.30. The molecule has 0 atom stereocenters. The topological polar surface area (TPSA) is 99.6 Å². The lowest BCUT2D eigenvalue weighted by atomic mass is 9.87. The van der Waals surface area contributed by atoms with E-state index in [2.05, 4.69) is 35.5 Å². The molecule has 0 fully saturated rings. The molecular formula is C24H28ClN3O5S. The maximum atomic E-state index is 13.2. The van der Waals surface area contributed by atoms with Crippen LogP contribution in [-0.4, -0.2) is 39.2 Å². The van der Waals surface area contributed by atoms with Crippen LogP contribution in [0.15, 0.2) is 53.4 Å². The third-order valence-corrected chi connectivity index (χ3v) is 6.55. The normalized spacial score (nSPS) is 11.8. The molecule has 1 heterocycles. The molecule has 0 aliphatic rings. The number of hydrogen-bond donors (Lipinski definition) is 1. The molecule has 0 saturated heterocycles. The minimum atomic E-state index is -4.00. The molecular weight excluding hydrogens is 478 g/mol. The summed E-state index contributed by atoms with van der Waals surface area (Å²) in [5.41, 5.74) is 0.903. The second kappa shape index (κ2) is 10.6. The Morgan fingerprint density at radius 2 is 1.62 bits per heavy atom. The molecule has 3 rings (SSSR count). The number of halogens is 1. The van der Waals surface area contributed by atoms with Gasteiger partial charge in [0.1, 0.15) is 5.82 Å². The Balaban J connectivity index is 2.02. The first kappa shape index (κ1) is 25.7. The van der Waals surface area contributed by atoms with Crippen LogP contribution in [0.4, 0.5) is 5.82 Å². The van der Waals surface area contributed by atoms with E-state index in [-0.39, 0.29) is 27.0 Å². The van der Waals surface area contributed by atoms with Gasteiger partial charge in [-0.2, -0.15) is 0 Å². The van der Waals surface area contributed by atoms with E-state index in [0.29, 0.717) is 30.4 Å². The first-order valence-electron chi connectivity index (χ1n) is 10.5. The van der Waals surface area contributed by atoms with Gasteiger partial charge < -0.3 is 14.2 Å². The van der Waals surface area contributed by atoms with Crippen LogP contribution in [-0.2, 0) is 26.6 Å². The third kappa shape index (κ3) is 6.16. The zero-order chi connectivity index (χ0) is 24.9. The SMILES string of the molecule is COCCc1nc(Cl)c(Oc2ccccc2OC)c(NS(=O)(=O)c2ccc(C(C)(C)C)cc2)n1. The molecule has 1 aromatic heterocycles. The highest BCUT2D eigenvalue weighted by molar-refractivity contribution is 7.92. The summed E-state index contributed by atoms with van der Waals surface area (Å²) in [6.07, 6.45) is 0.333. The first-order valence-corrected chi connectivity index (χ1v) is 12.4. The lowest BCUT2D eigenvalue weighted by Crippen LogP contribution is -2.17. The largest absolute Gasteiger partial charge is 0.493 e. The van der Waals surface area contributed by atoms with Gasteiger partial charge in [0.25, 0.3) is 10.0 Å². The number of nitrogens with one attached hydrogen (secondary N) is 1. The number of benzene rings is 2. The van der Waals surface area contributed by atoms with E-state index in [4.69, 9.17) is 25.8 Å². The van der Waals surface area contributed by atoms with Crippen LogP contribution < -0.4 is 14.2 Å². The van der Waals surface area contributed by atoms with Crippen molar-refractivity contribution in [1.82, 2.24) is 9.97 Å². The lowest BCUT2D eigenvalue weighted by Gasteiger charge is -2.19. The number of para-hydroxylation sites is 2. The smallest absolute Gasteiger partial charge is 0.263 e. The molecule has 182 valence electrons. The van der Waals surface area contributed by atoms with Gasteiger partial charge in [-0.15, -0.1) is 0 Å². The van der Waals surface area contributed by atoms with Crippen molar-refractivity contribution in [2.45, 2.75) is 37.5 Å². The van der Waals surface area contributed by atoms with Crippen molar-refractivity contribution in [3.63, 3.8) is 0 Å². The third-order valence-electron chi connectivity index (χ3n) is 4.94. The molecule has 2 aromatic carbocycles. The van der Waals surface area contributed by atoms with E-state index in [1.807, 2.05) is 0 Å². The predicted molar refractivity (Wildman–Crippen MR) is 132 cm³/mol. The Hall–Kier alpha value is -2.88. The predicted octanol–water partition coefficient (Wildman–Crippen LogP) is 5.22. The second-order valence-electron chi connectivity index (χ2n) is 8.48. The molecule has 34 heavy (non-hydrogen) atoms. The van der Waals surface area contributed by atoms with Gasteiger partial charge in [0, 0.05) is 13.5 Å². The molecule has 0 bridgehead atoms. The van der Waals surface area contributed by atoms with Gasteiger partial charge in [0.15, 0.2) is 22.5 Å². The standard InChI is InChI=1S/C24H28ClN3O5S/c1-24(2,3)16-10-12-17(13-11-16)34(29,30)28-23-21(22(25)26-20(27-23)14-15-31-4)33-19-9-7-6-8-18(19)32-5/h6-13H,14-15H2,1-5H3,(H,26,27,28). The van der Waals surface area contributed by atoms with Crippen molar-refractivity contribution in [3.8, 4) is 17.2 Å². The van der Waals surface area contributed by atoms with Crippen LogP contribution in [0.5, 0.6) is 17.2 Å². The summed E-state index contributed by atoms with van der Waals surface area (Å²) in [4.78, 5) is 8.68. The molecule has 0 aliphatic carbocycles. The van der Waals surface area contributed by atoms with Gasteiger partial charge >= 0.3 is 0 Å². The summed E-state index contributed by atoms with van der Waals surface area (Å²) < 4.78 is 45.2. The van der Waals surface area contributed by atoms with Crippen LogP contribution in [0.2, 0.25) is 5.15 Å². The highest BCUT2D eigenvalue weighted by Crippen LogP contribution is 2.39. The molecule has 0 aliphatic heterocycles. The minimum Gasteiger partial charge on any atom is -0.493 e. The highest BCUT2D eigenvalue weighted by atomic mass is 35.5. The Bertz CT molecular complexity index is 1240. The van der Waals surface area contributed by atoms with Gasteiger partial charge in [0.2, 0.25) is 5.75 Å². The molecule has 8 nitrogen and oxygen atoms in total. The monoisotopic (exact) mass is 505 g/mol. The Morgan fingerprint density at radius 1 is 0.971 bits per heavy atom. The Labute approximate surface area is 205 Å². The fourth-order valence-electron chi connectivity index (χ4n) is 3.06. The van der Waals surface area contributed by atoms with Gasteiger partial charge in [-0.05, 0) is 35.2 Å². The van der Waals surface area contributed by atoms with Crippen molar-refractivity contribution >= 4 is 27.4 Å². The number of hydrogen-bond acceptors (Lipinski definition) is 7. The summed E-state index contributed by atoms with van der Waals surface area (Å²) in [5.74, 6) is 0.947. The van der Waals surface area contributed by atoms with Gasteiger partial charge in [-0.25, -0.2) is 18.4 Å². The molecule has 0 amide bonds.